The van der Waals surface area contributed by atoms with Gasteiger partial charge in [0.05, 0.1) is 11.8 Å². The lowest BCUT2D eigenvalue weighted by atomic mass is 10.1. The van der Waals surface area contributed by atoms with Gasteiger partial charge in [0.1, 0.15) is 12.1 Å². The van der Waals surface area contributed by atoms with Crippen molar-refractivity contribution in [2.24, 2.45) is 11.8 Å². The molecule has 0 fully saturated rings. The van der Waals surface area contributed by atoms with Gasteiger partial charge >= 0.3 is 5.69 Å². The summed E-state index contributed by atoms with van der Waals surface area (Å²) in [5, 5.41) is 0. The second-order valence-electron chi connectivity index (χ2n) is 6.82. The minimum absolute atomic E-state index is 0.0137. The largest absolute Gasteiger partial charge is 0.472 e. The van der Waals surface area contributed by atoms with Crippen LogP contribution in [-0.2, 0) is 6.54 Å². The van der Waals surface area contributed by atoms with Crippen molar-refractivity contribution in [3.8, 4) is 0 Å². The molecule has 2 aromatic heterocycles. The van der Waals surface area contributed by atoms with Crippen LogP contribution in [0.25, 0.3) is 0 Å². The zero-order chi connectivity index (χ0) is 18.7. The van der Waals surface area contributed by atoms with Gasteiger partial charge in [0, 0.05) is 13.1 Å². The molecule has 0 aliphatic heterocycles. The molecule has 136 valence electrons. The molecule has 8 heteroatoms. The standard InChI is InChI=1S/C17H24N4O4/c1-10(2)7-20(16(23)12-5-6-25-9-12)13-14(18)21(8-11(3)4)17(24)19-15(13)22/h5-6,9-11H,7-8,18H2,1-4H3,(H,19,22,24). The van der Waals surface area contributed by atoms with Gasteiger partial charge in [-0.15, -0.1) is 0 Å². The van der Waals surface area contributed by atoms with Gasteiger partial charge in [0.2, 0.25) is 0 Å². The minimum atomic E-state index is -0.681. The summed E-state index contributed by atoms with van der Waals surface area (Å²) >= 11 is 0. The predicted octanol–water partition coefficient (Wildman–Crippen LogP) is 1.67. The number of anilines is 2. The highest BCUT2D eigenvalue weighted by Gasteiger charge is 2.26. The van der Waals surface area contributed by atoms with Crippen LogP contribution in [0, 0.1) is 11.8 Å². The number of hydrogen-bond acceptors (Lipinski definition) is 5. The van der Waals surface area contributed by atoms with Gasteiger partial charge in [0.25, 0.3) is 11.5 Å². The Morgan fingerprint density at radius 3 is 2.48 bits per heavy atom. The second kappa shape index (κ2) is 7.42. The highest BCUT2D eigenvalue weighted by molar-refractivity contribution is 6.07. The Bertz CT molecular complexity index is 847. The maximum Gasteiger partial charge on any atom is 0.330 e. The Hall–Kier alpha value is -2.77. The van der Waals surface area contributed by atoms with Gasteiger partial charge in [-0.3, -0.25) is 19.1 Å². The summed E-state index contributed by atoms with van der Waals surface area (Å²) in [6, 6.07) is 1.52. The lowest BCUT2D eigenvalue weighted by Gasteiger charge is -2.26. The van der Waals surface area contributed by atoms with E-state index in [1.807, 2.05) is 27.7 Å². The normalized spacial score (nSPS) is 11.3. The van der Waals surface area contributed by atoms with Crippen LogP contribution in [0.1, 0.15) is 38.1 Å². The number of aromatic amines is 1. The van der Waals surface area contributed by atoms with E-state index < -0.39 is 17.2 Å². The summed E-state index contributed by atoms with van der Waals surface area (Å²) in [5.41, 5.74) is 5.16. The molecule has 0 spiro atoms. The molecule has 2 rings (SSSR count). The van der Waals surface area contributed by atoms with Crippen LogP contribution in [-0.4, -0.2) is 22.0 Å². The first-order chi connectivity index (χ1) is 11.7. The predicted molar refractivity (Wildman–Crippen MR) is 95.8 cm³/mol. The molecule has 0 bridgehead atoms. The fourth-order valence-electron chi connectivity index (χ4n) is 2.57. The smallest absolute Gasteiger partial charge is 0.330 e. The summed E-state index contributed by atoms with van der Waals surface area (Å²) in [6.45, 7) is 8.31. The molecule has 0 radical (unpaired) electrons. The Labute approximate surface area is 145 Å². The zero-order valence-corrected chi connectivity index (χ0v) is 14.9. The third kappa shape index (κ3) is 4.01. The van der Waals surface area contributed by atoms with E-state index in [-0.39, 0.29) is 29.9 Å². The van der Waals surface area contributed by atoms with E-state index in [0.717, 1.165) is 0 Å². The first-order valence-electron chi connectivity index (χ1n) is 8.19. The van der Waals surface area contributed by atoms with Gasteiger partial charge in [-0.2, -0.15) is 0 Å². The van der Waals surface area contributed by atoms with E-state index >= 15 is 0 Å². The molecule has 0 unspecified atom stereocenters. The molecule has 0 aromatic carbocycles. The van der Waals surface area contributed by atoms with Crippen LogP contribution >= 0.6 is 0 Å². The number of nitrogens with two attached hydrogens (primary N) is 1. The van der Waals surface area contributed by atoms with E-state index in [4.69, 9.17) is 10.2 Å². The maximum atomic E-state index is 12.8. The van der Waals surface area contributed by atoms with Crippen molar-refractivity contribution in [1.82, 2.24) is 9.55 Å². The van der Waals surface area contributed by atoms with E-state index in [9.17, 15) is 14.4 Å². The van der Waals surface area contributed by atoms with Gasteiger partial charge in [-0.1, -0.05) is 27.7 Å². The van der Waals surface area contributed by atoms with Crippen LogP contribution in [0.4, 0.5) is 11.5 Å². The lowest BCUT2D eigenvalue weighted by molar-refractivity contribution is 0.0983. The van der Waals surface area contributed by atoms with Crippen molar-refractivity contribution in [2.45, 2.75) is 34.2 Å². The van der Waals surface area contributed by atoms with Crippen molar-refractivity contribution >= 4 is 17.4 Å². The molecule has 0 saturated carbocycles. The monoisotopic (exact) mass is 348 g/mol. The first kappa shape index (κ1) is 18.6. The lowest BCUT2D eigenvalue weighted by Crippen LogP contribution is -2.43. The molecule has 2 heterocycles. The summed E-state index contributed by atoms with van der Waals surface area (Å²) in [5.74, 6) is -0.198. The molecule has 0 aliphatic carbocycles. The van der Waals surface area contributed by atoms with E-state index in [1.54, 1.807) is 0 Å². The molecule has 3 N–H and O–H groups in total. The number of carbonyl (C=O) groups is 1. The maximum absolute atomic E-state index is 12.8. The average Bonchev–Trinajstić information content (AvgIpc) is 3.03. The average molecular weight is 348 g/mol. The van der Waals surface area contributed by atoms with Gasteiger partial charge in [0.15, 0.2) is 5.69 Å². The van der Waals surface area contributed by atoms with Crippen LogP contribution in [0.15, 0.2) is 32.6 Å². The summed E-state index contributed by atoms with van der Waals surface area (Å²) in [6.07, 6.45) is 2.69. The van der Waals surface area contributed by atoms with Crippen molar-refractivity contribution < 1.29 is 9.21 Å². The molecule has 2 aromatic rings. The van der Waals surface area contributed by atoms with Gasteiger partial charge < -0.3 is 15.1 Å². The van der Waals surface area contributed by atoms with Crippen LogP contribution < -0.4 is 21.9 Å². The Balaban J connectivity index is 2.62. The van der Waals surface area contributed by atoms with E-state index in [1.165, 1.54) is 28.1 Å². The first-order valence-corrected chi connectivity index (χ1v) is 8.19. The SMILES string of the molecule is CC(C)CN(C(=O)c1ccoc1)c1c(N)n(CC(C)C)c(=O)[nH]c1=O. The summed E-state index contributed by atoms with van der Waals surface area (Å²) < 4.78 is 6.25. The number of rotatable bonds is 6. The van der Waals surface area contributed by atoms with Crippen molar-refractivity contribution in [2.75, 3.05) is 17.2 Å². The Morgan fingerprint density at radius 1 is 1.28 bits per heavy atom. The Morgan fingerprint density at radius 2 is 1.96 bits per heavy atom. The van der Waals surface area contributed by atoms with E-state index in [0.29, 0.717) is 12.1 Å². The number of hydrogen-bond donors (Lipinski definition) is 2. The number of carbonyl (C=O) groups excluding carboxylic acids is 1. The van der Waals surface area contributed by atoms with Crippen molar-refractivity contribution in [3.63, 3.8) is 0 Å². The molecule has 8 nitrogen and oxygen atoms in total. The topological polar surface area (TPSA) is 114 Å². The summed E-state index contributed by atoms with van der Waals surface area (Å²) in [4.78, 5) is 40.9. The molecule has 0 atom stereocenters. The molecular formula is C17H24N4O4. The number of nitrogens with one attached hydrogen (secondary N) is 1. The number of furan rings is 1. The molecule has 0 saturated heterocycles. The summed E-state index contributed by atoms with van der Waals surface area (Å²) in [7, 11) is 0. The number of amides is 1. The van der Waals surface area contributed by atoms with Gasteiger partial charge in [-0.05, 0) is 17.9 Å². The van der Waals surface area contributed by atoms with Crippen molar-refractivity contribution in [1.29, 1.82) is 0 Å². The number of aromatic nitrogens is 2. The van der Waals surface area contributed by atoms with Crippen LogP contribution in [0.5, 0.6) is 0 Å². The highest BCUT2D eigenvalue weighted by Crippen LogP contribution is 2.21. The van der Waals surface area contributed by atoms with Crippen molar-refractivity contribution in [3.05, 3.63) is 45.0 Å². The number of nitrogen functional groups attached to an aromatic ring is 1. The zero-order valence-electron chi connectivity index (χ0n) is 14.9. The minimum Gasteiger partial charge on any atom is -0.472 e. The molecule has 25 heavy (non-hydrogen) atoms. The highest BCUT2D eigenvalue weighted by atomic mass is 16.3. The quantitative estimate of drug-likeness (QED) is 0.824. The van der Waals surface area contributed by atoms with Crippen LogP contribution in [0.2, 0.25) is 0 Å². The Kier molecular flexibility index (Phi) is 5.51. The molecule has 0 aliphatic rings. The third-order valence-electron chi connectivity index (χ3n) is 3.59. The molecule has 1 amide bonds. The fraction of sp³-hybridized carbons (Fsp3) is 0.471. The second-order valence-corrected chi connectivity index (χ2v) is 6.82. The number of nitrogens with zero attached hydrogens (tertiary/aromatic N) is 2. The molecular weight excluding hydrogens is 324 g/mol. The van der Waals surface area contributed by atoms with Gasteiger partial charge in [-0.25, -0.2) is 4.79 Å². The van der Waals surface area contributed by atoms with Crippen LogP contribution in [0.3, 0.4) is 0 Å². The van der Waals surface area contributed by atoms with E-state index in [2.05, 4.69) is 4.98 Å². The fourth-order valence-corrected chi connectivity index (χ4v) is 2.57. The number of H-pyrrole nitrogens is 1. The third-order valence-corrected chi connectivity index (χ3v) is 3.59.